The number of aliphatic imine (C=N–C) groups is 1. The van der Waals surface area contributed by atoms with Gasteiger partial charge in [-0.05, 0) is 32.3 Å². The number of aromatic nitrogens is 4. The summed E-state index contributed by atoms with van der Waals surface area (Å²) >= 11 is 0. The van der Waals surface area contributed by atoms with Crippen LogP contribution in [-0.4, -0.2) is 50.3 Å². The van der Waals surface area contributed by atoms with Crippen LogP contribution >= 0.6 is 0 Å². The Morgan fingerprint density at radius 2 is 1.92 bits per heavy atom. The second kappa shape index (κ2) is 8.66. The van der Waals surface area contributed by atoms with Crippen molar-refractivity contribution in [3.8, 4) is 0 Å². The molecule has 0 saturated carbocycles. The summed E-state index contributed by atoms with van der Waals surface area (Å²) in [5, 5.41) is 25.4. The standard InChI is InChI=1S/C17H29N7O/c1-5-18-16(19-8-6-7-14-9-21-23(3)11-14)20-13-17(2,25)15-10-22-24(4)12-15/h9-12,25H,5-8,13H2,1-4H3,(H2,18,19,20). The van der Waals surface area contributed by atoms with E-state index in [1.807, 2.05) is 44.3 Å². The Kier molecular flexibility index (Phi) is 6.58. The van der Waals surface area contributed by atoms with Crippen LogP contribution in [0, 0.1) is 0 Å². The van der Waals surface area contributed by atoms with E-state index in [4.69, 9.17) is 0 Å². The summed E-state index contributed by atoms with van der Waals surface area (Å²) in [6.45, 7) is 5.60. The van der Waals surface area contributed by atoms with E-state index in [0.717, 1.165) is 31.5 Å². The predicted octanol–water partition coefficient (Wildman–Crippen LogP) is 0.549. The summed E-state index contributed by atoms with van der Waals surface area (Å²) in [5.41, 5.74) is 0.934. The molecule has 0 aliphatic carbocycles. The van der Waals surface area contributed by atoms with Gasteiger partial charge in [-0.15, -0.1) is 0 Å². The van der Waals surface area contributed by atoms with Crippen LogP contribution in [0.2, 0.25) is 0 Å². The highest BCUT2D eigenvalue weighted by molar-refractivity contribution is 5.79. The number of aryl methyl sites for hydroxylation is 3. The minimum absolute atomic E-state index is 0.261. The summed E-state index contributed by atoms with van der Waals surface area (Å²) in [7, 11) is 3.75. The van der Waals surface area contributed by atoms with Crippen LogP contribution < -0.4 is 10.6 Å². The molecule has 8 heteroatoms. The van der Waals surface area contributed by atoms with Gasteiger partial charge in [0.2, 0.25) is 0 Å². The molecule has 8 nitrogen and oxygen atoms in total. The van der Waals surface area contributed by atoms with Crippen molar-refractivity contribution in [1.29, 1.82) is 0 Å². The maximum Gasteiger partial charge on any atom is 0.191 e. The summed E-state index contributed by atoms with van der Waals surface area (Å²) < 4.78 is 3.49. The SMILES string of the molecule is CCNC(=NCC(C)(O)c1cnn(C)c1)NCCCc1cnn(C)c1. The maximum absolute atomic E-state index is 10.6. The number of guanidine groups is 1. The van der Waals surface area contributed by atoms with Gasteiger partial charge >= 0.3 is 0 Å². The quantitative estimate of drug-likeness (QED) is 0.368. The Hall–Kier alpha value is -2.35. The highest BCUT2D eigenvalue weighted by Gasteiger charge is 2.24. The van der Waals surface area contributed by atoms with Gasteiger partial charge in [-0.3, -0.25) is 9.36 Å². The van der Waals surface area contributed by atoms with Crippen LogP contribution in [0.1, 0.15) is 31.4 Å². The molecular formula is C17H29N7O. The summed E-state index contributed by atoms with van der Waals surface area (Å²) in [5.74, 6) is 0.706. The molecule has 2 aromatic rings. The lowest BCUT2D eigenvalue weighted by Crippen LogP contribution is -2.39. The molecule has 1 atom stereocenters. The minimum atomic E-state index is -1.05. The van der Waals surface area contributed by atoms with Gasteiger partial charge in [0.05, 0.1) is 18.9 Å². The molecule has 0 spiro atoms. The third kappa shape index (κ3) is 5.90. The molecule has 0 aliphatic rings. The first-order valence-electron chi connectivity index (χ1n) is 8.62. The van der Waals surface area contributed by atoms with Crippen LogP contribution in [0.4, 0.5) is 0 Å². The Morgan fingerprint density at radius 3 is 2.52 bits per heavy atom. The molecule has 0 radical (unpaired) electrons. The van der Waals surface area contributed by atoms with Crippen molar-refractivity contribution in [2.45, 2.75) is 32.3 Å². The van der Waals surface area contributed by atoms with Crippen molar-refractivity contribution in [3.63, 3.8) is 0 Å². The van der Waals surface area contributed by atoms with Gasteiger partial charge in [-0.2, -0.15) is 10.2 Å². The van der Waals surface area contributed by atoms with E-state index in [-0.39, 0.29) is 6.54 Å². The molecule has 1 unspecified atom stereocenters. The molecule has 2 aromatic heterocycles. The molecule has 0 fully saturated rings. The fourth-order valence-corrected chi connectivity index (χ4v) is 2.47. The fourth-order valence-electron chi connectivity index (χ4n) is 2.47. The molecule has 0 aliphatic heterocycles. The number of hydrogen-bond acceptors (Lipinski definition) is 4. The number of hydrogen-bond donors (Lipinski definition) is 3. The molecule has 2 heterocycles. The zero-order valence-corrected chi connectivity index (χ0v) is 15.5. The Balaban J connectivity index is 1.84. The lowest BCUT2D eigenvalue weighted by Gasteiger charge is -2.20. The van der Waals surface area contributed by atoms with Crippen LogP contribution in [0.15, 0.2) is 29.8 Å². The molecule has 0 saturated heterocycles. The van der Waals surface area contributed by atoms with E-state index in [0.29, 0.717) is 5.96 Å². The van der Waals surface area contributed by atoms with Crippen molar-refractivity contribution in [2.75, 3.05) is 19.6 Å². The van der Waals surface area contributed by atoms with Gasteiger partial charge in [-0.1, -0.05) is 0 Å². The number of aliphatic hydroxyl groups is 1. The Morgan fingerprint density at radius 1 is 1.20 bits per heavy atom. The minimum Gasteiger partial charge on any atom is -0.383 e. The van der Waals surface area contributed by atoms with E-state index in [1.54, 1.807) is 17.8 Å². The zero-order chi connectivity index (χ0) is 18.3. The Bertz CT molecular complexity index is 687. The van der Waals surface area contributed by atoms with Gasteiger partial charge < -0.3 is 15.7 Å². The smallest absolute Gasteiger partial charge is 0.191 e. The predicted molar refractivity (Wildman–Crippen MR) is 98.3 cm³/mol. The first-order chi connectivity index (χ1) is 11.9. The second-order valence-electron chi connectivity index (χ2n) is 6.42. The van der Waals surface area contributed by atoms with Gasteiger partial charge in [-0.25, -0.2) is 4.99 Å². The average molecular weight is 347 g/mol. The van der Waals surface area contributed by atoms with Gasteiger partial charge in [0.15, 0.2) is 5.96 Å². The van der Waals surface area contributed by atoms with Crippen molar-refractivity contribution in [3.05, 3.63) is 35.9 Å². The zero-order valence-electron chi connectivity index (χ0n) is 15.5. The number of rotatable bonds is 8. The number of nitrogens with one attached hydrogen (secondary N) is 2. The number of nitrogens with zero attached hydrogens (tertiary/aromatic N) is 5. The van der Waals surface area contributed by atoms with Crippen LogP contribution in [0.5, 0.6) is 0 Å². The average Bonchev–Trinajstić information content (AvgIpc) is 3.18. The van der Waals surface area contributed by atoms with Gasteiger partial charge in [0, 0.05) is 45.1 Å². The van der Waals surface area contributed by atoms with Crippen molar-refractivity contribution < 1.29 is 5.11 Å². The lowest BCUT2D eigenvalue weighted by atomic mass is 10.0. The fraction of sp³-hybridized carbons (Fsp3) is 0.588. The maximum atomic E-state index is 10.6. The normalized spacial score (nSPS) is 14.4. The topological polar surface area (TPSA) is 92.3 Å². The van der Waals surface area contributed by atoms with E-state index >= 15 is 0 Å². The summed E-state index contributed by atoms with van der Waals surface area (Å²) in [4.78, 5) is 4.51. The van der Waals surface area contributed by atoms with E-state index in [2.05, 4.69) is 25.8 Å². The third-order valence-corrected chi connectivity index (χ3v) is 3.91. The lowest BCUT2D eigenvalue weighted by molar-refractivity contribution is 0.0672. The molecule has 0 amide bonds. The van der Waals surface area contributed by atoms with E-state index < -0.39 is 5.60 Å². The van der Waals surface area contributed by atoms with Crippen LogP contribution in [0.3, 0.4) is 0 Å². The summed E-state index contributed by atoms with van der Waals surface area (Å²) in [6.07, 6.45) is 9.35. The largest absolute Gasteiger partial charge is 0.383 e. The van der Waals surface area contributed by atoms with Crippen molar-refractivity contribution >= 4 is 5.96 Å². The molecule has 25 heavy (non-hydrogen) atoms. The highest BCUT2D eigenvalue weighted by atomic mass is 16.3. The van der Waals surface area contributed by atoms with Gasteiger partial charge in [0.25, 0.3) is 0 Å². The first-order valence-corrected chi connectivity index (χ1v) is 8.62. The van der Waals surface area contributed by atoms with Crippen molar-refractivity contribution in [1.82, 2.24) is 30.2 Å². The summed E-state index contributed by atoms with van der Waals surface area (Å²) in [6, 6.07) is 0. The second-order valence-corrected chi connectivity index (χ2v) is 6.42. The molecule has 0 bridgehead atoms. The van der Waals surface area contributed by atoms with Crippen LogP contribution in [0.25, 0.3) is 0 Å². The molecule has 3 N–H and O–H groups in total. The molecule has 2 rings (SSSR count). The molecule has 138 valence electrons. The monoisotopic (exact) mass is 347 g/mol. The third-order valence-electron chi connectivity index (χ3n) is 3.91. The van der Waals surface area contributed by atoms with E-state index in [1.165, 1.54) is 5.56 Å². The van der Waals surface area contributed by atoms with Gasteiger partial charge in [0.1, 0.15) is 5.60 Å². The van der Waals surface area contributed by atoms with Crippen molar-refractivity contribution in [2.24, 2.45) is 19.1 Å². The van der Waals surface area contributed by atoms with E-state index in [9.17, 15) is 5.11 Å². The Labute approximate surface area is 149 Å². The van der Waals surface area contributed by atoms with Crippen LogP contribution in [-0.2, 0) is 26.1 Å². The molecular weight excluding hydrogens is 318 g/mol. The molecule has 0 aromatic carbocycles. The first kappa shape index (κ1) is 19.0. The highest BCUT2D eigenvalue weighted by Crippen LogP contribution is 2.19.